The fourth-order valence-electron chi connectivity index (χ4n) is 2.52. The molecule has 1 fully saturated rings. The summed E-state index contributed by atoms with van der Waals surface area (Å²) in [4.78, 5) is 0. The third-order valence-corrected chi connectivity index (χ3v) is 5.96. The second-order valence-electron chi connectivity index (χ2n) is 6.11. The lowest BCUT2D eigenvalue weighted by Crippen LogP contribution is -2.30. The van der Waals surface area contributed by atoms with Gasteiger partial charge < -0.3 is 5.32 Å². The number of rotatable bonds is 8. The summed E-state index contributed by atoms with van der Waals surface area (Å²) in [5.41, 5.74) is 1.99. The maximum Gasteiger partial charge on any atom is 0.218 e. The molecule has 0 heterocycles. The molecule has 1 aliphatic carbocycles. The molecule has 5 heteroatoms. The van der Waals surface area contributed by atoms with Crippen LogP contribution in [0.25, 0.3) is 0 Å². The van der Waals surface area contributed by atoms with E-state index >= 15 is 0 Å². The van der Waals surface area contributed by atoms with Gasteiger partial charge >= 0.3 is 0 Å². The molecule has 1 aromatic carbocycles. The van der Waals surface area contributed by atoms with Crippen LogP contribution in [0, 0.1) is 11.8 Å². The molecule has 2 atom stereocenters. The van der Waals surface area contributed by atoms with Crippen molar-refractivity contribution in [2.75, 3.05) is 20.1 Å². The summed E-state index contributed by atoms with van der Waals surface area (Å²) in [6.45, 7) is 6.57. The third kappa shape index (κ3) is 4.80. The number of benzene rings is 1. The van der Waals surface area contributed by atoms with Crippen molar-refractivity contribution in [3.63, 3.8) is 0 Å². The smallest absolute Gasteiger partial charge is 0.218 e. The topological polar surface area (TPSA) is 49.4 Å². The van der Waals surface area contributed by atoms with Crippen LogP contribution < -0.4 is 5.32 Å². The van der Waals surface area contributed by atoms with E-state index in [1.165, 1.54) is 4.31 Å². The second-order valence-corrected chi connectivity index (χ2v) is 8.19. The van der Waals surface area contributed by atoms with Crippen LogP contribution in [0.1, 0.15) is 31.4 Å². The summed E-state index contributed by atoms with van der Waals surface area (Å²) >= 11 is 0. The predicted octanol–water partition coefficient (Wildman–Crippen LogP) is 2.21. The van der Waals surface area contributed by atoms with E-state index in [-0.39, 0.29) is 5.75 Å². The fraction of sp³-hybridized carbons (Fsp3) is 0.625. The molecule has 1 aliphatic rings. The van der Waals surface area contributed by atoms with Crippen LogP contribution in [-0.2, 0) is 22.3 Å². The lowest BCUT2D eigenvalue weighted by Gasteiger charge is -2.17. The molecular formula is C16H26N2O2S. The van der Waals surface area contributed by atoms with Crippen molar-refractivity contribution in [2.24, 2.45) is 11.8 Å². The van der Waals surface area contributed by atoms with Crippen LogP contribution in [0.15, 0.2) is 24.3 Å². The van der Waals surface area contributed by atoms with Crippen molar-refractivity contribution in [1.29, 1.82) is 0 Å². The fourth-order valence-corrected chi connectivity index (χ4v) is 3.76. The molecule has 0 amide bonds. The van der Waals surface area contributed by atoms with E-state index in [1.54, 1.807) is 7.05 Å². The maximum absolute atomic E-state index is 12.4. The Morgan fingerprint density at radius 1 is 1.33 bits per heavy atom. The van der Waals surface area contributed by atoms with Crippen LogP contribution in [0.4, 0.5) is 0 Å². The highest BCUT2D eigenvalue weighted by molar-refractivity contribution is 7.88. The van der Waals surface area contributed by atoms with Gasteiger partial charge in [-0.1, -0.05) is 38.1 Å². The Kier molecular flexibility index (Phi) is 5.41. The zero-order chi connectivity index (χ0) is 15.5. The molecule has 4 nitrogen and oxygen atoms in total. The summed E-state index contributed by atoms with van der Waals surface area (Å²) < 4.78 is 26.3. The minimum Gasteiger partial charge on any atom is -0.313 e. The highest BCUT2D eigenvalue weighted by Crippen LogP contribution is 2.38. The highest BCUT2D eigenvalue weighted by Gasteiger charge is 2.35. The van der Waals surface area contributed by atoms with E-state index < -0.39 is 10.0 Å². The van der Waals surface area contributed by atoms with Crippen molar-refractivity contribution >= 4 is 10.0 Å². The van der Waals surface area contributed by atoms with Crippen LogP contribution >= 0.6 is 0 Å². The second kappa shape index (κ2) is 6.90. The lowest BCUT2D eigenvalue weighted by atomic mass is 10.1. The van der Waals surface area contributed by atoms with Gasteiger partial charge in [-0.2, -0.15) is 0 Å². The van der Waals surface area contributed by atoms with E-state index in [0.29, 0.717) is 18.4 Å². The van der Waals surface area contributed by atoms with E-state index in [2.05, 4.69) is 19.2 Å². The van der Waals surface area contributed by atoms with Gasteiger partial charge in [-0.05, 0) is 35.9 Å². The normalized spacial score (nSPS) is 21.7. The summed E-state index contributed by atoms with van der Waals surface area (Å²) in [7, 11) is -1.52. The summed E-state index contributed by atoms with van der Waals surface area (Å²) in [5, 5.41) is 3.26. The van der Waals surface area contributed by atoms with Crippen molar-refractivity contribution in [2.45, 2.75) is 32.6 Å². The molecule has 0 aromatic heterocycles. The average Bonchev–Trinajstić information content (AvgIpc) is 3.11. The van der Waals surface area contributed by atoms with Gasteiger partial charge in [0.15, 0.2) is 0 Å². The van der Waals surface area contributed by atoms with Crippen molar-refractivity contribution in [3.05, 3.63) is 35.4 Å². The predicted molar refractivity (Wildman–Crippen MR) is 86.3 cm³/mol. The summed E-state index contributed by atoms with van der Waals surface area (Å²) in [6, 6.07) is 7.82. The minimum absolute atomic E-state index is 0.0879. The first-order chi connectivity index (χ1) is 9.92. The van der Waals surface area contributed by atoms with Gasteiger partial charge in [0.25, 0.3) is 0 Å². The molecule has 0 aliphatic heterocycles. The van der Waals surface area contributed by atoms with Crippen LogP contribution in [-0.4, -0.2) is 32.9 Å². The van der Waals surface area contributed by atoms with E-state index in [0.717, 1.165) is 30.6 Å². The third-order valence-electron chi connectivity index (χ3n) is 4.16. The molecule has 2 rings (SSSR count). The Morgan fingerprint density at radius 2 is 2.00 bits per heavy atom. The lowest BCUT2D eigenvalue weighted by molar-refractivity contribution is 0.444. The molecule has 118 valence electrons. The maximum atomic E-state index is 12.4. The van der Waals surface area contributed by atoms with Crippen molar-refractivity contribution in [1.82, 2.24) is 9.62 Å². The van der Waals surface area contributed by atoms with Crippen LogP contribution in [0.3, 0.4) is 0 Å². The zero-order valence-corrected chi connectivity index (χ0v) is 14.0. The largest absolute Gasteiger partial charge is 0.313 e. The quantitative estimate of drug-likeness (QED) is 0.801. The first-order valence-electron chi connectivity index (χ1n) is 7.65. The van der Waals surface area contributed by atoms with E-state index in [9.17, 15) is 8.42 Å². The Morgan fingerprint density at radius 3 is 2.62 bits per heavy atom. The van der Waals surface area contributed by atoms with Gasteiger partial charge in [0.2, 0.25) is 10.0 Å². The number of hydrogen-bond donors (Lipinski definition) is 1. The van der Waals surface area contributed by atoms with Gasteiger partial charge in [0.1, 0.15) is 0 Å². The molecule has 1 saturated carbocycles. The molecule has 1 aromatic rings. The average molecular weight is 310 g/mol. The first kappa shape index (κ1) is 16.5. The molecule has 0 spiro atoms. The molecule has 21 heavy (non-hydrogen) atoms. The number of nitrogens with one attached hydrogen (secondary N) is 1. The Balaban J connectivity index is 1.98. The van der Waals surface area contributed by atoms with Gasteiger partial charge in [0.05, 0.1) is 5.75 Å². The molecule has 0 radical (unpaired) electrons. The standard InChI is InChI=1S/C16H26N2O2S/c1-4-17-10-14-6-5-7-15(9-14)12-21(19,20)18(3)11-16-8-13(16)2/h5-7,9,13,16-17H,4,8,10-12H2,1-3H3. The van der Waals surface area contributed by atoms with Gasteiger partial charge in [-0.3, -0.25) is 0 Å². The number of hydrogen-bond acceptors (Lipinski definition) is 3. The van der Waals surface area contributed by atoms with Crippen molar-refractivity contribution in [3.8, 4) is 0 Å². The van der Waals surface area contributed by atoms with E-state index in [4.69, 9.17) is 0 Å². The zero-order valence-electron chi connectivity index (χ0n) is 13.2. The Labute approximate surface area is 128 Å². The van der Waals surface area contributed by atoms with Crippen LogP contribution in [0.2, 0.25) is 0 Å². The van der Waals surface area contributed by atoms with Crippen molar-refractivity contribution < 1.29 is 8.42 Å². The number of nitrogens with zero attached hydrogens (tertiary/aromatic N) is 1. The monoisotopic (exact) mass is 310 g/mol. The molecule has 2 unspecified atom stereocenters. The summed E-state index contributed by atoms with van der Waals surface area (Å²) in [5.74, 6) is 1.31. The molecule has 0 bridgehead atoms. The molecule has 0 saturated heterocycles. The highest BCUT2D eigenvalue weighted by atomic mass is 32.2. The Hall–Kier alpha value is -0.910. The van der Waals surface area contributed by atoms with E-state index in [1.807, 2.05) is 24.3 Å². The summed E-state index contributed by atoms with van der Waals surface area (Å²) in [6.07, 6.45) is 1.15. The van der Waals surface area contributed by atoms with Gasteiger partial charge in [-0.15, -0.1) is 0 Å². The molecule has 1 N–H and O–H groups in total. The Bertz CT molecular complexity index is 571. The van der Waals surface area contributed by atoms with Gasteiger partial charge in [-0.25, -0.2) is 12.7 Å². The number of sulfonamides is 1. The van der Waals surface area contributed by atoms with Gasteiger partial charge in [0, 0.05) is 20.1 Å². The SMILES string of the molecule is CCNCc1cccc(CS(=O)(=O)N(C)CC2CC2C)c1. The van der Waals surface area contributed by atoms with Crippen LogP contribution in [0.5, 0.6) is 0 Å². The minimum atomic E-state index is -3.22. The first-order valence-corrected chi connectivity index (χ1v) is 9.26. The molecular weight excluding hydrogens is 284 g/mol.